The van der Waals surface area contributed by atoms with Crippen molar-refractivity contribution in [3.8, 4) is 0 Å². The number of pyridine rings is 1. The molecule has 1 fully saturated rings. The van der Waals surface area contributed by atoms with Gasteiger partial charge in [0.2, 0.25) is 0 Å². The van der Waals surface area contributed by atoms with Crippen LogP contribution in [0.4, 0.5) is 4.39 Å². The van der Waals surface area contributed by atoms with Gasteiger partial charge in [0.1, 0.15) is 0 Å². The molecule has 0 unspecified atom stereocenters. The van der Waals surface area contributed by atoms with Crippen LogP contribution in [0.1, 0.15) is 5.69 Å². The largest absolute Gasteiger partial charge is 0.314 e. The molecule has 1 saturated heterocycles. The van der Waals surface area contributed by atoms with Crippen molar-refractivity contribution in [2.45, 2.75) is 6.54 Å². The van der Waals surface area contributed by atoms with E-state index in [2.05, 4.69) is 21.3 Å². The highest BCUT2D eigenvalue weighted by atomic mass is 19.1. The summed E-state index contributed by atoms with van der Waals surface area (Å²) in [6.45, 7) is 5.47. The molecule has 3 nitrogen and oxygen atoms in total. The first-order valence-corrected chi connectivity index (χ1v) is 5.16. The lowest BCUT2D eigenvalue weighted by Crippen LogP contribution is -2.43. The molecule has 4 heteroatoms. The highest BCUT2D eigenvalue weighted by molar-refractivity contribution is 5.03. The Labute approximate surface area is 90.3 Å². The van der Waals surface area contributed by atoms with Gasteiger partial charge < -0.3 is 5.32 Å². The summed E-state index contributed by atoms with van der Waals surface area (Å²) in [4.78, 5) is 6.74. The van der Waals surface area contributed by atoms with Gasteiger partial charge in [-0.25, -0.2) is 0 Å². The molecule has 2 heterocycles. The van der Waals surface area contributed by atoms with Crippen LogP contribution in [0.5, 0.6) is 0 Å². The molecule has 2 rings (SSSR count). The highest BCUT2D eigenvalue weighted by Crippen LogP contribution is 2.01. The van der Waals surface area contributed by atoms with E-state index in [4.69, 9.17) is 0 Å². The number of nitrogens with zero attached hydrogens (tertiary/aromatic N) is 2. The minimum atomic E-state index is 0.500. The Morgan fingerprint density at radius 1 is 1.33 bits per heavy atom. The second-order valence-corrected chi connectivity index (χ2v) is 3.35. The topological polar surface area (TPSA) is 28.2 Å². The van der Waals surface area contributed by atoms with Crippen molar-refractivity contribution in [3.05, 3.63) is 30.1 Å². The van der Waals surface area contributed by atoms with Crippen molar-refractivity contribution < 1.29 is 4.39 Å². The third-order valence-electron chi connectivity index (χ3n) is 2.32. The number of rotatable bonds is 2. The Kier molecular flexibility index (Phi) is 5.88. The van der Waals surface area contributed by atoms with E-state index in [-0.39, 0.29) is 0 Å². The molecule has 0 amide bonds. The number of hydrogen-bond donors (Lipinski definition) is 1. The first kappa shape index (κ1) is 12.1. The van der Waals surface area contributed by atoms with E-state index in [1.165, 1.54) is 5.69 Å². The molecule has 1 aromatic heterocycles. The molecule has 0 saturated carbocycles. The first-order valence-electron chi connectivity index (χ1n) is 5.16. The molecule has 1 aliphatic rings. The van der Waals surface area contributed by atoms with E-state index in [1.807, 2.05) is 18.3 Å². The highest BCUT2D eigenvalue weighted by Gasteiger charge is 2.09. The Balaban J connectivity index is 0.000000531. The minimum Gasteiger partial charge on any atom is -0.314 e. The summed E-state index contributed by atoms with van der Waals surface area (Å²) in [5, 5.41) is 3.34. The van der Waals surface area contributed by atoms with Crippen molar-refractivity contribution in [2.24, 2.45) is 0 Å². The standard InChI is InChI=1S/C10H15N3.CH3F/c1-2-4-12-10(3-1)9-13-7-5-11-6-8-13;1-2/h1-4,11H,5-9H2;1H3. The van der Waals surface area contributed by atoms with Gasteiger partial charge in [-0.15, -0.1) is 0 Å². The molecule has 0 atom stereocenters. The van der Waals surface area contributed by atoms with Crippen LogP contribution in [0, 0.1) is 0 Å². The Hall–Kier alpha value is -1.00. The maximum absolute atomic E-state index is 9.50. The van der Waals surface area contributed by atoms with Crippen molar-refractivity contribution in [1.29, 1.82) is 0 Å². The lowest BCUT2D eigenvalue weighted by Gasteiger charge is -2.26. The Morgan fingerprint density at radius 3 is 2.67 bits per heavy atom. The molecule has 0 bridgehead atoms. The molecule has 0 aliphatic carbocycles. The maximum Gasteiger partial charge on any atom is 0.0785 e. The zero-order valence-corrected chi connectivity index (χ0v) is 9.12. The predicted octanol–water partition coefficient (Wildman–Crippen LogP) is 1.07. The molecule has 0 spiro atoms. The third kappa shape index (κ3) is 4.36. The van der Waals surface area contributed by atoms with Crippen molar-refractivity contribution in [3.63, 3.8) is 0 Å². The van der Waals surface area contributed by atoms with Gasteiger partial charge >= 0.3 is 0 Å². The number of hydrogen-bond acceptors (Lipinski definition) is 3. The molecule has 1 aromatic rings. The number of nitrogens with one attached hydrogen (secondary N) is 1. The molecule has 0 aromatic carbocycles. The number of alkyl halides is 1. The molecular formula is C11H18FN3. The van der Waals surface area contributed by atoms with Gasteiger partial charge in [0, 0.05) is 38.9 Å². The van der Waals surface area contributed by atoms with E-state index in [0.29, 0.717) is 7.18 Å². The lowest BCUT2D eigenvalue weighted by molar-refractivity contribution is 0.231. The number of halogens is 1. The predicted molar refractivity (Wildman–Crippen MR) is 59.4 cm³/mol. The fourth-order valence-corrected chi connectivity index (χ4v) is 1.59. The van der Waals surface area contributed by atoms with Crippen LogP contribution in [0.25, 0.3) is 0 Å². The Morgan fingerprint density at radius 2 is 2.07 bits per heavy atom. The zero-order chi connectivity index (χ0) is 10.9. The number of piperazine rings is 1. The molecule has 84 valence electrons. The fourth-order valence-electron chi connectivity index (χ4n) is 1.59. The second kappa shape index (κ2) is 7.31. The van der Waals surface area contributed by atoms with Crippen LogP contribution in [-0.2, 0) is 6.54 Å². The monoisotopic (exact) mass is 211 g/mol. The van der Waals surface area contributed by atoms with Crippen LogP contribution >= 0.6 is 0 Å². The maximum atomic E-state index is 9.50. The summed E-state index contributed by atoms with van der Waals surface area (Å²) in [6, 6.07) is 6.09. The fraction of sp³-hybridized carbons (Fsp3) is 0.545. The van der Waals surface area contributed by atoms with Crippen LogP contribution in [-0.4, -0.2) is 43.2 Å². The van der Waals surface area contributed by atoms with Gasteiger partial charge in [-0.2, -0.15) is 0 Å². The van der Waals surface area contributed by atoms with E-state index in [9.17, 15) is 4.39 Å². The molecular weight excluding hydrogens is 193 g/mol. The SMILES string of the molecule is CF.c1ccc(CN2CCNCC2)nc1. The van der Waals surface area contributed by atoms with E-state index < -0.39 is 0 Å². The van der Waals surface area contributed by atoms with Gasteiger partial charge in [-0.3, -0.25) is 14.3 Å². The normalized spacial score (nSPS) is 16.7. The average Bonchev–Trinajstić information content (AvgIpc) is 2.34. The lowest BCUT2D eigenvalue weighted by atomic mass is 10.3. The average molecular weight is 211 g/mol. The second-order valence-electron chi connectivity index (χ2n) is 3.35. The van der Waals surface area contributed by atoms with E-state index in [1.54, 1.807) is 0 Å². The van der Waals surface area contributed by atoms with Crippen LogP contribution in [0.15, 0.2) is 24.4 Å². The third-order valence-corrected chi connectivity index (χ3v) is 2.32. The van der Waals surface area contributed by atoms with Gasteiger partial charge in [0.15, 0.2) is 0 Å². The summed E-state index contributed by atoms with van der Waals surface area (Å²) in [6.07, 6.45) is 1.86. The smallest absolute Gasteiger partial charge is 0.0785 e. The van der Waals surface area contributed by atoms with Crippen molar-refractivity contribution in [2.75, 3.05) is 33.4 Å². The zero-order valence-electron chi connectivity index (χ0n) is 9.12. The van der Waals surface area contributed by atoms with Crippen LogP contribution in [0.2, 0.25) is 0 Å². The van der Waals surface area contributed by atoms with Gasteiger partial charge in [0.05, 0.1) is 12.9 Å². The van der Waals surface area contributed by atoms with Crippen LogP contribution < -0.4 is 5.32 Å². The van der Waals surface area contributed by atoms with Gasteiger partial charge in [0.25, 0.3) is 0 Å². The Bertz CT molecular complexity index is 247. The summed E-state index contributed by atoms with van der Waals surface area (Å²) in [7, 11) is 0.500. The first-order chi connectivity index (χ1) is 7.45. The molecule has 1 aliphatic heterocycles. The summed E-state index contributed by atoms with van der Waals surface area (Å²) >= 11 is 0. The van der Waals surface area contributed by atoms with E-state index in [0.717, 1.165) is 32.7 Å². The summed E-state index contributed by atoms with van der Waals surface area (Å²) < 4.78 is 9.50. The van der Waals surface area contributed by atoms with Gasteiger partial charge in [-0.1, -0.05) is 6.07 Å². The molecule has 0 radical (unpaired) electrons. The van der Waals surface area contributed by atoms with Crippen molar-refractivity contribution >= 4 is 0 Å². The quantitative estimate of drug-likeness (QED) is 0.793. The van der Waals surface area contributed by atoms with Crippen molar-refractivity contribution in [1.82, 2.24) is 15.2 Å². The molecule has 1 N–H and O–H groups in total. The molecule has 15 heavy (non-hydrogen) atoms. The van der Waals surface area contributed by atoms with Crippen LogP contribution in [0.3, 0.4) is 0 Å². The number of aromatic nitrogens is 1. The summed E-state index contributed by atoms with van der Waals surface area (Å²) in [5.74, 6) is 0. The minimum absolute atomic E-state index is 0.500. The van der Waals surface area contributed by atoms with E-state index >= 15 is 0 Å². The summed E-state index contributed by atoms with van der Waals surface area (Å²) in [5.41, 5.74) is 1.17. The van der Waals surface area contributed by atoms with Gasteiger partial charge in [-0.05, 0) is 12.1 Å².